The molecule has 0 aromatic heterocycles. The summed E-state index contributed by atoms with van der Waals surface area (Å²) < 4.78 is 0. The first-order chi connectivity index (χ1) is 10.6. The summed E-state index contributed by atoms with van der Waals surface area (Å²) in [4.78, 5) is 24.6. The van der Waals surface area contributed by atoms with Crippen molar-refractivity contribution in [2.45, 2.75) is 51.0 Å². The second-order valence-corrected chi connectivity index (χ2v) is 6.03. The van der Waals surface area contributed by atoms with Gasteiger partial charge in [0, 0.05) is 0 Å². The van der Waals surface area contributed by atoms with E-state index in [0.717, 1.165) is 49.1 Å². The third-order valence-electron chi connectivity index (χ3n) is 4.56. The van der Waals surface area contributed by atoms with Crippen molar-refractivity contribution in [2.24, 2.45) is 5.10 Å². The van der Waals surface area contributed by atoms with E-state index in [0.29, 0.717) is 0 Å². The maximum absolute atomic E-state index is 12.5. The number of nitrogens with zero attached hydrogens (tertiary/aromatic N) is 2. The molecule has 1 aliphatic carbocycles. The van der Waals surface area contributed by atoms with Crippen LogP contribution < -0.4 is 5.32 Å². The minimum Gasteiger partial charge on any atom is -0.321 e. The van der Waals surface area contributed by atoms with Gasteiger partial charge in [0.05, 0.1) is 6.21 Å². The average molecular weight is 299 g/mol. The van der Waals surface area contributed by atoms with E-state index < -0.39 is 11.6 Å². The number of carbonyl (C=O) groups excluding carboxylic acids is 2. The fourth-order valence-electron chi connectivity index (χ4n) is 3.17. The molecule has 1 heterocycles. The number of aryl methyl sites for hydroxylation is 1. The normalized spacial score (nSPS) is 20.9. The van der Waals surface area contributed by atoms with Crippen LogP contribution in [0.5, 0.6) is 0 Å². The Balaban J connectivity index is 1.75. The van der Waals surface area contributed by atoms with E-state index in [1.54, 1.807) is 6.21 Å². The predicted molar refractivity (Wildman–Crippen MR) is 84.6 cm³/mol. The molecule has 0 atom stereocenters. The van der Waals surface area contributed by atoms with Crippen LogP contribution in [0.4, 0.5) is 4.79 Å². The van der Waals surface area contributed by atoms with Gasteiger partial charge in [-0.1, -0.05) is 50.5 Å². The van der Waals surface area contributed by atoms with Crippen LogP contribution in [0, 0.1) is 0 Å². The lowest BCUT2D eigenvalue weighted by molar-refractivity contribution is -0.132. The number of rotatable bonds is 3. The fourth-order valence-corrected chi connectivity index (χ4v) is 3.17. The molecular weight excluding hydrogens is 278 g/mol. The van der Waals surface area contributed by atoms with Gasteiger partial charge in [-0.05, 0) is 30.4 Å². The largest absolute Gasteiger partial charge is 0.346 e. The third-order valence-corrected chi connectivity index (χ3v) is 4.56. The van der Waals surface area contributed by atoms with Gasteiger partial charge in [0.25, 0.3) is 5.91 Å². The maximum atomic E-state index is 12.5. The molecule has 5 nitrogen and oxygen atoms in total. The monoisotopic (exact) mass is 299 g/mol. The van der Waals surface area contributed by atoms with E-state index in [-0.39, 0.29) is 5.91 Å². The Kier molecular flexibility index (Phi) is 3.96. The number of hydrazone groups is 1. The number of nitrogens with one attached hydrogen (secondary N) is 1. The number of hydrogen-bond donors (Lipinski definition) is 1. The van der Waals surface area contributed by atoms with Crippen molar-refractivity contribution in [3.05, 3.63) is 35.4 Å². The number of imide groups is 1. The number of amides is 3. The standard InChI is InChI=1S/C17H21N3O2/c1-2-13-6-8-14(9-7-13)12-18-20-15(21)17(19-16(20)22)10-4-3-5-11-17/h6-9,12H,2-5,10-11H2,1H3,(H,19,22)/b18-12+. The van der Waals surface area contributed by atoms with Crippen LogP contribution >= 0.6 is 0 Å². The van der Waals surface area contributed by atoms with E-state index in [4.69, 9.17) is 0 Å². The van der Waals surface area contributed by atoms with Crippen molar-refractivity contribution in [3.8, 4) is 0 Å². The molecule has 1 aromatic carbocycles. The summed E-state index contributed by atoms with van der Waals surface area (Å²) in [6.45, 7) is 2.10. The lowest BCUT2D eigenvalue weighted by atomic mass is 9.82. The molecular formula is C17H21N3O2. The van der Waals surface area contributed by atoms with Crippen LogP contribution in [0.1, 0.15) is 50.2 Å². The molecule has 3 rings (SSSR count). The molecule has 0 radical (unpaired) electrons. The second kappa shape index (κ2) is 5.91. The van der Waals surface area contributed by atoms with Crippen molar-refractivity contribution in [1.29, 1.82) is 0 Å². The molecule has 1 aliphatic heterocycles. The first-order valence-corrected chi connectivity index (χ1v) is 7.94. The second-order valence-electron chi connectivity index (χ2n) is 6.03. The van der Waals surface area contributed by atoms with Gasteiger partial charge in [0.1, 0.15) is 5.54 Å². The van der Waals surface area contributed by atoms with Gasteiger partial charge in [-0.25, -0.2) is 4.79 Å². The van der Waals surface area contributed by atoms with E-state index in [1.807, 2.05) is 24.3 Å². The van der Waals surface area contributed by atoms with Gasteiger partial charge >= 0.3 is 6.03 Å². The Morgan fingerprint density at radius 3 is 2.50 bits per heavy atom. The third kappa shape index (κ3) is 2.63. The van der Waals surface area contributed by atoms with Crippen LogP contribution in [0.25, 0.3) is 0 Å². The zero-order chi connectivity index (χ0) is 15.6. The molecule has 0 bridgehead atoms. The van der Waals surface area contributed by atoms with Gasteiger partial charge in [-0.3, -0.25) is 4.79 Å². The predicted octanol–water partition coefficient (Wildman–Crippen LogP) is 2.84. The van der Waals surface area contributed by atoms with Crippen molar-refractivity contribution in [3.63, 3.8) is 0 Å². The summed E-state index contributed by atoms with van der Waals surface area (Å²) in [5, 5.41) is 7.94. The molecule has 0 unspecified atom stereocenters. The lowest BCUT2D eigenvalue weighted by Crippen LogP contribution is -2.48. The van der Waals surface area contributed by atoms with Crippen molar-refractivity contribution < 1.29 is 9.59 Å². The molecule has 1 saturated carbocycles. The number of hydrogen-bond acceptors (Lipinski definition) is 3. The summed E-state index contributed by atoms with van der Waals surface area (Å²) in [5.74, 6) is -0.210. The molecule has 1 N–H and O–H groups in total. The first kappa shape index (κ1) is 14.8. The quantitative estimate of drug-likeness (QED) is 0.689. The Hall–Kier alpha value is -2.17. The van der Waals surface area contributed by atoms with E-state index in [2.05, 4.69) is 17.3 Å². The number of carbonyl (C=O) groups is 2. The smallest absolute Gasteiger partial charge is 0.321 e. The Labute approximate surface area is 130 Å². The Morgan fingerprint density at radius 2 is 1.86 bits per heavy atom. The fraction of sp³-hybridized carbons (Fsp3) is 0.471. The van der Waals surface area contributed by atoms with E-state index in [1.165, 1.54) is 5.56 Å². The summed E-state index contributed by atoms with van der Waals surface area (Å²) in [5.41, 5.74) is 1.41. The zero-order valence-electron chi connectivity index (χ0n) is 12.8. The van der Waals surface area contributed by atoms with Crippen LogP contribution in [0.15, 0.2) is 29.4 Å². The van der Waals surface area contributed by atoms with Gasteiger partial charge < -0.3 is 5.32 Å². The molecule has 1 spiro atoms. The zero-order valence-corrected chi connectivity index (χ0v) is 12.8. The molecule has 5 heteroatoms. The van der Waals surface area contributed by atoms with Crippen LogP contribution in [0.2, 0.25) is 0 Å². The Morgan fingerprint density at radius 1 is 1.18 bits per heavy atom. The van der Waals surface area contributed by atoms with Crippen molar-refractivity contribution in [2.75, 3.05) is 0 Å². The highest BCUT2D eigenvalue weighted by Crippen LogP contribution is 2.33. The van der Waals surface area contributed by atoms with Crippen LogP contribution in [-0.2, 0) is 11.2 Å². The molecule has 116 valence electrons. The van der Waals surface area contributed by atoms with Crippen molar-refractivity contribution >= 4 is 18.2 Å². The molecule has 2 fully saturated rings. The van der Waals surface area contributed by atoms with Crippen molar-refractivity contribution in [1.82, 2.24) is 10.3 Å². The molecule has 3 amide bonds. The van der Waals surface area contributed by atoms with Crippen LogP contribution in [0.3, 0.4) is 0 Å². The SMILES string of the molecule is CCc1ccc(/C=N/N2C(=O)NC3(CCCCC3)C2=O)cc1. The number of urea groups is 1. The van der Waals surface area contributed by atoms with Gasteiger partial charge in [0.15, 0.2) is 0 Å². The van der Waals surface area contributed by atoms with E-state index >= 15 is 0 Å². The molecule has 1 saturated heterocycles. The minimum absolute atomic E-state index is 0.210. The lowest BCUT2D eigenvalue weighted by Gasteiger charge is -2.29. The molecule has 1 aromatic rings. The summed E-state index contributed by atoms with van der Waals surface area (Å²) >= 11 is 0. The molecule has 22 heavy (non-hydrogen) atoms. The van der Waals surface area contributed by atoms with Gasteiger partial charge in [0.2, 0.25) is 0 Å². The summed E-state index contributed by atoms with van der Waals surface area (Å²) in [6.07, 6.45) is 7.05. The summed E-state index contributed by atoms with van der Waals surface area (Å²) in [6, 6.07) is 7.52. The summed E-state index contributed by atoms with van der Waals surface area (Å²) in [7, 11) is 0. The molecule has 2 aliphatic rings. The van der Waals surface area contributed by atoms with Gasteiger partial charge in [-0.15, -0.1) is 5.01 Å². The average Bonchev–Trinajstić information content (AvgIpc) is 2.77. The topological polar surface area (TPSA) is 61.8 Å². The highest BCUT2D eigenvalue weighted by atomic mass is 16.2. The number of benzene rings is 1. The highest BCUT2D eigenvalue weighted by Gasteiger charge is 2.51. The minimum atomic E-state index is -0.710. The van der Waals surface area contributed by atoms with E-state index in [9.17, 15) is 9.59 Å². The Bertz CT molecular complexity index is 601. The highest BCUT2D eigenvalue weighted by molar-refractivity contribution is 6.07. The maximum Gasteiger partial charge on any atom is 0.346 e. The van der Waals surface area contributed by atoms with Gasteiger partial charge in [-0.2, -0.15) is 5.10 Å². The first-order valence-electron chi connectivity index (χ1n) is 7.94. The van der Waals surface area contributed by atoms with Crippen LogP contribution in [-0.4, -0.2) is 28.7 Å².